The number of benzene rings is 1. The molecule has 0 N–H and O–H groups in total. The average Bonchev–Trinajstić information content (AvgIpc) is 2.71. The predicted molar refractivity (Wildman–Crippen MR) is 72.8 cm³/mol. The third-order valence-electron chi connectivity index (χ3n) is 3.02. The van der Waals surface area contributed by atoms with E-state index in [2.05, 4.69) is 45.0 Å². The third kappa shape index (κ3) is 2.09. The van der Waals surface area contributed by atoms with Gasteiger partial charge in [-0.3, -0.25) is 0 Å². The van der Waals surface area contributed by atoms with E-state index >= 15 is 0 Å². The molecule has 0 aliphatic carbocycles. The summed E-state index contributed by atoms with van der Waals surface area (Å²) in [7, 11) is 2.05. The minimum Gasteiger partial charge on any atom is -0.351 e. The fourth-order valence-electron chi connectivity index (χ4n) is 2.10. The van der Waals surface area contributed by atoms with E-state index in [4.69, 9.17) is 11.6 Å². The lowest BCUT2D eigenvalue weighted by atomic mass is 10.1. The fourth-order valence-corrected chi connectivity index (χ4v) is 2.26. The Balaban J connectivity index is 1.97. The molecule has 0 aliphatic rings. The van der Waals surface area contributed by atoms with E-state index in [-0.39, 0.29) is 0 Å². The van der Waals surface area contributed by atoms with E-state index in [1.165, 1.54) is 16.5 Å². The van der Waals surface area contributed by atoms with E-state index in [1.54, 1.807) is 6.20 Å². The molecule has 0 saturated heterocycles. The van der Waals surface area contributed by atoms with Gasteiger partial charge >= 0.3 is 0 Å². The lowest BCUT2D eigenvalue weighted by molar-refractivity contribution is 0.965. The van der Waals surface area contributed by atoms with Gasteiger partial charge in [0.05, 0.1) is 0 Å². The van der Waals surface area contributed by atoms with Crippen LogP contribution < -0.4 is 0 Å². The first-order valence-corrected chi connectivity index (χ1v) is 6.11. The van der Waals surface area contributed by atoms with Crippen molar-refractivity contribution in [3.05, 3.63) is 59.3 Å². The van der Waals surface area contributed by atoms with Crippen molar-refractivity contribution in [2.24, 2.45) is 7.05 Å². The van der Waals surface area contributed by atoms with Crippen molar-refractivity contribution in [3.63, 3.8) is 0 Å². The zero-order valence-electron chi connectivity index (χ0n) is 9.97. The van der Waals surface area contributed by atoms with Crippen molar-refractivity contribution in [1.82, 2.24) is 14.5 Å². The SMILES string of the molecule is Cn1ccc2ccc(Cc3ccnc(Cl)n3)cc21. The molecular formula is C14H12ClN3. The highest BCUT2D eigenvalue weighted by atomic mass is 35.5. The van der Waals surface area contributed by atoms with Gasteiger partial charge in [-0.25, -0.2) is 9.97 Å². The molecule has 0 amide bonds. The first kappa shape index (κ1) is 11.2. The molecule has 0 radical (unpaired) electrons. The van der Waals surface area contributed by atoms with Gasteiger partial charge in [-0.15, -0.1) is 0 Å². The second-order valence-electron chi connectivity index (χ2n) is 4.31. The minimum atomic E-state index is 0.299. The summed E-state index contributed by atoms with van der Waals surface area (Å²) in [6.07, 6.45) is 4.52. The van der Waals surface area contributed by atoms with Crippen LogP contribution in [0.2, 0.25) is 5.28 Å². The maximum absolute atomic E-state index is 5.79. The summed E-state index contributed by atoms with van der Waals surface area (Å²) in [6, 6.07) is 10.4. The molecule has 4 heteroatoms. The highest BCUT2D eigenvalue weighted by Gasteiger charge is 2.03. The van der Waals surface area contributed by atoms with Crippen molar-refractivity contribution >= 4 is 22.5 Å². The van der Waals surface area contributed by atoms with Crippen LogP contribution in [-0.2, 0) is 13.5 Å². The van der Waals surface area contributed by atoms with Gasteiger partial charge < -0.3 is 4.57 Å². The van der Waals surface area contributed by atoms with E-state index < -0.39 is 0 Å². The van der Waals surface area contributed by atoms with Crippen LogP contribution in [0.25, 0.3) is 10.9 Å². The maximum Gasteiger partial charge on any atom is 0.222 e. The van der Waals surface area contributed by atoms with Crippen molar-refractivity contribution in [2.45, 2.75) is 6.42 Å². The molecule has 3 nitrogen and oxygen atoms in total. The second-order valence-corrected chi connectivity index (χ2v) is 4.65. The molecule has 0 spiro atoms. The van der Waals surface area contributed by atoms with Crippen LogP contribution in [0.5, 0.6) is 0 Å². The van der Waals surface area contributed by atoms with E-state index in [9.17, 15) is 0 Å². The Bertz CT molecular complexity index is 703. The zero-order valence-corrected chi connectivity index (χ0v) is 10.7. The molecule has 0 aliphatic heterocycles. The molecule has 0 bridgehead atoms. The Labute approximate surface area is 110 Å². The minimum absolute atomic E-state index is 0.299. The summed E-state index contributed by atoms with van der Waals surface area (Å²) in [6.45, 7) is 0. The fraction of sp³-hybridized carbons (Fsp3) is 0.143. The van der Waals surface area contributed by atoms with Crippen molar-refractivity contribution < 1.29 is 0 Å². The molecule has 0 fully saturated rings. The summed E-state index contributed by atoms with van der Waals surface area (Å²) in [5.41, 5.74) is 3.38. The van der Waals surface area contributed by atoms with Crippen molar-refractivity contribution in [1.29, 1.82) is 0 Å². The number of aromatic nitrogens is 3. The predicted octanol–water partition coefficient (Wildman–Crippen LogP) is 3.21. The zero-order chi connectivity index (χ0) is 12.5. The van der Waals surface area contributed by atoms with E-state index in [0.717, 1.165) is 12.1 Å². The van der Waals surface area contributed by atoms with Gasteiger partial charge in [-0.1, -0.05) is 12.1 Å². The first-order chi connectivity index (χ1) is 8.72. The molecule has 18 heavy (non-hydrogen) atoms. The first-order valence-electron chi connectivity index (χ1n) is 5.74. The van der Waals surface area contributed by atoms with Crippen LogP contribution in [0.15, 0.2) is 42.7 Å². The van der Waals surface area contributed by atoms with Gasteiger partial charge in [0.2, 0.25) is 5.28 Å². The number of hydrogen-bond donors (Lipinski definition) is 0. The van der Waals surface area contributed by atoms with E-state index in [0.29, 0.717) is 5.28 Å². The second kappa shape index (κ2) is 4.42. The topological polar surface area (TPSA) is 30.7 Å². The number of halogens is 1. The molecule has 3 rings (SSSR count). The summed E-state index contributed by atoms with van der Waals surface area (Å²) >= 11 is 5.79. The summed E-state index contributed by atoms with van der Waals surface area (Å²) in [5.74, 6) is 0. The van der Waals surface area contributed by atoms with Crippen molar-refractivity contribution in [2.75, 3.05) is 0 Å². The Morgan fingerprint density at radius 3 is 2.94 bits per heavy atom. The van der Waals surface area contributed by atoms with Crippen LogP contribution in [0, 0.1) is 0 Å². The highest BCUT2D eigenvalue weighted by Crippen LogP contribution is 2.18. The lowest BCUT2D eigenvalue weighted by Gasteiger charge is -2.03. The molecular weight excluding hydrogens is 246 g/mol. The van der Waals surface area contributed by atoms with Crippen LogP contribution in [0.3, 0.4) is 0 Å². The third-order valence-corrected chi connectivity index (χ3v) is 3.20. The molecule has 0 unspecified atom stereocenters. The number of rotatable bonds is 2. The normalized spacial score (nSPS) is 11.0. The monoisotopic (exact) mass is 257 g/mol. The molecule has 0 atom stereocenters. The number of nitrogens with zero attached hydrogens (tertiary/aromatic N) is 3. The Kier molecular flexibility index (Phi) is 2.76. The van der Waals surface area contributed by atoms with Gasteiger partial charge in [0, 0.05) is 37.1 Å². The molecule has 3 aromatic rings. The lowest BCUT2D eigenvalue weighted by Crippen LogP contribution is -1.94. The molecule has 1 aromatic carbocycles. The summed E-state index contributed by atoms with van der Waals surface area (Å²) in [5, 5.41) is 1.55. The summed E-state index contributed by atoms with van der Waals surface area (Å²) in [4.78, 5) is 8.09. The Morgan fingerprint density at radius 1 is 1.22 bits per heavy atom. The van der Waals surface area contributed by atoms with Crippen LogP contribution in [-0.4, -0.2) is 14.5 Å². The molecule has 2 aromatic heterocycles. The van der Waals surface area contributed by atoms with Crippen LogP contribution >= 0.6 is 11.6 Å². The molecule has 0 saturated carbocycles. The Hall–Kier alpha value is -1.87. The molecule has 90 valence electrons. The van der Waals surface area contributed by atoms with Crippen molar-refractivity contribution in [3.8, 4) is 0 Å². The molecule has 2 heterocycles. The van der Waals surface area contributed by atoms with Crippen LogP contribution in [0.4, 0.5) is 0 Å². The van der Waals surface area contributed by atoms with E-state index in [1.807, 2.05) is 13.1 Å². The van der Waals surface area contributed by atoms with Gasteiger partial charge in [0.25, 0.3) is 0 Å². The van der Waals surface area contributed by atoms with Crippen LogP contribution in [0.1, 0.15) is 11.3 Å². The summed E-state index contributed by atoms with van der Waals surface area (Å²) < 4.78 is 2.12. The number of aryl methyl sites for hydroxylation is 1. The highest BCUT2D eigenvalue weighted by molar-refractivity contribution is 6.28. The van der Waals surface area contributed by atoms with Gasteiger partial charge in [0.15, 0.2) is 0 Å². The smallest absolute Gasteiger partial charge is 0.222 e. The van der Waals surface area contributed by atoms with Gasteiger partial charge in [0.1, 0.15) is 0 Å². The number of fused-ring (bicyclic) bond motifs is 1. The largest absolute Gasteiger partial charge is 0.351 e. The number of hydrogen-bond acceptors (Lipinski definition) is 2. The standard InChI is InChI=1S/C14H12ClN3/c1-18-7-5-11-3-2-10(9-13(11)18)8-12-4-6-16-14(15)17-12/h2-7,9H,8H2,1H3. The van der Waals surface area contributed by atoms with Gasteiger partial charge in [-0.2, -0.15) is 0 Å². The average molecular weight is 258 g/mol. The quantitative estimate of drug-likeness (QED) is 0.660. The maximum atomic E-state index is 5.79. The Morgan fingerprint density at radius 2 is 2.11 bits per heavy atom. The van der Waals surface area contributed by atoms with Gasteiger partial charge in [-0.05, 0) is 40.7 Å².